The fourth-order valence-electron chi connectivity index (χ4n) is 2.91. The number of rotatable bonds is 5. The zero-order valence-electron chi connectivity index (χ0n) is 14.6. The average Bonchev–Trinajstić information content (AvgIpc) is 3.12. The monoisotopic (exact) mass is 359 g/mol. The highest BCUT2D eigenvalue weighted by atomic mass is 16.4. The summed E-state index contributed by atoms with van der Waals surface area (Å²) in [5, 5.41) is 12.4. The van der Waals surface area contributed by atoms with Gasteiger partial charge in [0.1, 0.15) is 12.1 Å². The van der Waals surface area contributed by atoms with Crippen molar-refractivity contribution in [1.29, 1.82) is 0 Å². The van der Waals surface area contributed by atoms with Crippen molar-refractivity contribution in [2.24, 2.45) is 0 Å². The molecule has 0 unspecified atom stereocenters. The lowest BCUT2D eigenvalue weighted by Gasteiger charge is -2.15. The van der Waals surface area contributed by atoms with Crippen LogP contribution in [0.25, 0.3) is 16.9 Å². The predicted molar refractivity (Wildman–Crippen MR) is 102 cm³/mol. The van der Waals surface area contributed by atoms with E-state index in [0.717, 1.165) is 16.6 Å². The summed E-state index contributed by atoms with van der Waals surface area (Å²) in [6.45, 7) is 1.93. The highest BCUT2D eigenvalue weighted by Gasteiger charge is 2.11. The molecule has 2 aromatic carbocycles. The second kappa shape index (κ2) is 6.87. The number of hydrogen-bond donors (Lipinski definition) is 2. The molecule has 4 rings (SSSR count). The topological polar surface area (TPSA) is 92.9 Å². The Morgan fingerprint density at radius 2 is 1.96 bits per heavy atom. The van der Waals surface area contributed by atoms with Crippen LogP contribution in [-0.2, 0) is 0 Å². The Morgan fingerprint density at radius 3 is 2.81 bits per heavy atom. The molecular formula is C20H17N5O2. The first kappa shape index (κ1) is 16.7. The number of carboxylic acid groups (broad SMARTS) is 1. The number of aromatic nitrogens is 4. The molecular weight excluding hydrogens is 342 g/mol. The minimum absolute atomic E-state index is 0.154. The van der Waals surface area contributed by atoms with Gasteiger partial charge in [-0.05, 0) is 42.8 Å². The molecule has 2 N–H and O–H groups in total. The van der Waals surface area contributed by atoms with Gasteiger partial charge in [-0.2, -0.15) is 4.98 Å². The molecule has 27 heavy (non-hydrogen) atoms. The van der Waals surface area contributed by atoms with E-state index in [1.165, 1.54) is 0 Å². The number of nitrogens with one attached hydrogen (secondary N) is 1. The molecule has 0 amide bonds. The van der Waals surface area contributed by atoms with Crippen molar-refractivity contribution in [1.82, 2.24) is 19.5 Å². The van der Waals surface area contributed by atoms with Crippen LogP contribution in [0.15, 0.2) is 67.1 Å². The Balaban J connectivity index is 1.61. The van der Waals surface area contributed by atoms with Crippen LogP contribution in [0.2, 0.25) is 0 Å². The molecule has 4 aromatic rings. The molecule has 1 atom stereocenters. The van der Waals surface area contributed by atoms with E-state index in [9.17, 15) is 4.79 Å². The summed E-state index contributed by atoms with van der Waals surface area (Å²) in [6.07, 6.45) is 3.41. The second-order valence-corrected chi connectivity index (χ2v) is 6.14. The number of hydrogen-bond acceptors (Lipinski definition) is 5. The Morgan fingerprint density at radius 1 is 1.11 bits per heavy atom. The van der Waals surface area contributed by atoms with Gasteiger partial charge in [-0.25, -0.2) is 14.8 Å². The van der Waals surface area contributed by atoms with Crippen molar-refractivity contribution < 1.29 is 9.90 Å². The third-order valence-electron chi connectivity index (χ3n) is 4.32. The number of aromatic carboxylic acids is 1. The number of carbonyl (C=O) groups is 1. The summed E-state index contributed by atoms with van der Waals surface area (Å²) in [7, 11) is 0. The van der Waals surface area contributed by atoms with Gasteiger partial charge in [-0.15, -0.1) is 0 Å². The van der Waals surface area contributed by atoms with Gasteiger partial charge < -0.3 is 10.4 Å². The molecule has 0 spiro atoms. The van der Waals surface area contributed by atoms with Crippen molar-refractivity contribution >= 4 is 23.0 Å². The lowest BCUT2D eigenvalue weighted by atomic mass is 10.1. The van der Waals surface area contributed by atoms with Crippen LogP contribution >= 0.6 is 0 Å². The number of imidazole rings is 1. The molecule has 0 bridgehead atoms. The Kier molecular flexibility index (Phi) is 4.25. The largest absolute Gasteiger partial charge is 0.478 e. The van der Waals surface area contributed by atoms with Crippen LogP contribution in [0.3, 0.4) is 0 Å². The number of anilines is 1. The van der Waals surface area contributed by atoms with Crippen molar-refractivity contribution in [3.05, 3.63) is 78.2 Å². The Hall–Kier alpha value is -3.74. The van der Waals surface area contributed by atoms with Gasteiger partial charge in [0.05, 0.1) is 22.6 Å². The van der Waals surface area contributed by atoms with Gasteiger partial charge in [0.25, 0.3) is 0 Å². The molecule has 0 aliphatic carbocycles. The first-order valence-corrected chi connectivity index (χ1v) is 8.47. The quantitative estimate of drug-likeness (QED) is 0.564. The number of para-hydroxylation sites is 2. The second-order valence-electron chi connectivity index (χ2n) is 6.14. The van der Waals surface area contributed by atoms with E-state index in [2.05, 4.69) is 20.3 Å². The third-order valence-corrected chi connectivity index (χ3v) is 4.32. The lowest BCUT2D eigenvalue weighted by molar-refractivity contribution is 0.0696. The molecule has 2 aromatic heterocycles. The lowest BCUT2D eigenvalue weighted by Crippen LogP contribution is -2.11. The van der Waals surface area contributed by atoms with Crippen molar-refractivity contribution in [2.45, 2.75) is 13.0 Å². The van der Waals surface area contributed by atoms with Gasteiger partial charge >= 0.3 is 5.97 Å². The van der Waals surface area contributed by atoms with Crippen LogP contribution in [-0.4, -0.2) is 30.6 Å². The number of benzene rings is 2. The van der Waals surface area contributed by atoms with Crippen molar-refractivity contribution in [3.8, 4) is 5.82 Å². The van der Waals surface area contributed by atoms with E-state index in [4.69, 9.17) is 5.11 Å². The van der Waals surface area contributed by atoms with Gasteiger partial charge in [-0.1, -0.05) is 24.3 Å². The highest BCUT2D eigenvalue weighted by molar-refractivity contribution is 5.87. The average molecular weight is 359 g/mol. The summed E-state index contributed by atoms with van der Waals surface area (Å²) < 4.78 is 1.90. The van der Waals surface area contributed by atoms with Crippen molar-refractivity contribution in [3.63, 3.8) is 0 Å². The fraction of sp³-hybridized carbons (Fsp3) is 0.100. The van der Waals surface area contributed by atoms with Gasteiger partial charge in [0.2, 0.25) is 5.95 Å². The van der Waals surface area contributed by atoms with Crippen LogP contribution in [0.5, 0.6) is 0 Å². The number of carboxylic acids is 1. The molecule has 0 aliphatic rings. The molecule has 0 aliphatic heterocycles. The summed E-state index contributed by atoms with van der Waals surface area (Å²) >= 11 is 0. The summed E-state index contributed by atoms with van der Waals surface area (Å²) in [4.78, 5) is 24.4. The maximum absolute atomic E-state index is 11.2. The smallest absolute Gasteiger partial charge is 0.335 e. The standard InChI is InChI=1S/C20H17N5O2/c1-13(14-5-4-6-15(11-14)19(26)27)23-20-21-10-9-18(24-20)25-12-22-16-7-2-3-8-17(16)25/h2-13H,1H3,(H,26,27)(H,21,23,24)/t13-/m0/s1. The fourth-order valence-corrected chi connectivity index (χ4v) is 2.91. The first-order chi connectivity index (χ1) is 13.1. The van der Waals surface area contributed by atoms with Crippen molar-refractivity contribution in [2.75, 3.05) is 5.32 Å². The molecule has 7 nitrogen and oxygen atoms in total. The molecule has 0 radical (unpaired) electrons. The summed E-state index contributed by atoms with van der Waals surface area (Å²) in [6, 6.07) is 16.3. The predicted octanol–water partition coefficient (Wildman–Crippen LogP) is 3.69. The number of nitrogens with zero attached hydrogens (tertiary/aromatic N) is 4. The number of fused-ring (bicyclic) bond motifs is 1. The van der Waals surface area contributed by atoms with Gasteiger partial charge in [0, 0.05) is 6.20 Å². The third kappa shape index (κ3) is 3.35. The zero-order valence-corrected chi connectivity index (χ0v) is 14.6. The molecule has 134 valence electrons. The van der Waals surface area contributed by atoms with E-state index < -0.39 is 5.97 Å². The van der Waals surface area contributed by atoms with E-state index in [-0.39, 0.29) is 11.6 Å². The van der Waals surface area contributed by atoms with E-state index >= 15 is 0 Å². The minimum atomic E-state index is -0.950. The first-order valence-electron chi connectivity index (χ1n) is 8.47. The van der Waals surface area contributed by atoms with Crippen LogP contribution in [0.4, 0.5) is 5.95 Å². The molecule has 2 heterocycles. The molecule has 7 heteroatoms. The maximum atomic E-state index is 11.2. The zero-order chi connectivity index (χ0) is 18.8. The van der Waals surface area contributed by atoms with Gasteiger partial charge in [-0.3, -0.25) is 4.57 Å². The molecule has 0 saturated heterocycles. The van der Waals surface area contributed by atoms with E-state index in [1.807, 2.05) is 47.9 Å². The minimum Gasteiger partial charge on any atom is -0.478 e. The van der Waals surface area contributed by atoms with E-state index in [0.29, 0.717) is 11.8 Å². The Bertz CT molecular complexity index is 1120. The van der Waals surface area contributed by atoms with Gasteiger partial charge in [0.15, 0.2) is 0 Å². The maximum Gasteiger partial charge on any atom is 0.335 e. The Labute approximate surface area is 155 Å². The van der Waals surface area contributed by atoms with E-state index in [1.54, 1.807) is 30.7 Å². The highest BCUT2D eigenvalue weighted by Crippen LogP contribution is 2.20. The SMILES string of the molecule is C[C@H](Nc1nccc(-n2cnc3ccccc32)n1)c1cccc(C(=O)O)c1. The summed E-state index contributed by atoms with van der Waals surface area (Å²) in [5.74, 6) is 0.209. The molecule has 0 saturated carbocycles. The van der Waals surface area contributed by atoms with Crippen LogP contribution < -0.4 is 5.32 Å². The summed E-state index contributed by atoms with van der Waals surface area (Å²) in [5.41, 5.74) is 2.95. The normalized spacial score (nSPS) is 12.0. The van der Waals surface area contributed by atoms with Crippen LogP contribution in [0, 0.1) is 0 Å². The van der Waals surface area contributed by atoms with Crippen LogP contribution in [0.1, 0.15) is 28.9 Å². The molecule has 0 fully saturated rings.